The highest BCUT2D eigenvalue weighted by Gasteiger charge is 2.18. The van der Waals surface area contributed by atoms with E-state index in [1.54, 1.807) is 18.8 Å². The number of fused-ring (bicyclic) bond motifs is 1. The van der Waals surface area contributed by atoms with Gasteiger partial charge in [-0.1, -0.05) is 13.3 Å². The molecule has 0 aliphatic carbocycles. The third-order valence-corrected chi connectivity index (χ3v) is 6.01. The Morgan fingerprint density at radius 2 is 1.88 bits per heavy atom. The molecule has 0 saturated carbocycles. The summed E-state index contributed by atoms with van der Waals surface area (Å²) in [5, 5.41) is 0.585. The van der Waals surface area contributed by atoms with Crippen LogP contribution in [0.2, 0.25) is 0 Å². The van der Waals surface area contributed by atoms with E-state index in [1.165, 1.54) is 42.1 Å². The van der Waals surface area contributed by atoms with Crippen molar-refractivity contribution in [3.63, 3.8) is 0 Å². The molecule has 1 saturated heterocycles. The van der Waals surface area contributed by atoms with Gasteiger partial charge in [0.1, 0.15) is 5.65 Å². The minimum Gasteiger partial charge on any atom is -0.303 e. The Morgan fingerprint density at radius 3 is 2.56 bits per heavy atom. The van der Waals surface area contributed by atoms with Crippen molar-refractivity contribution in [2.75, 3.05) is 25.4 Å². The summed E-state index contributed by atoms with van der Waals surface area (Å²) in [4.78, 5) is 32.9. The van der Waals surface area contributed by atoms with Crippen molar-refractivity contribution in [2.24, 2.45) is 14.1 Å². The van der Waals surface area contributed by atoms with Gasteiger partial charge in [-0.15, -0.1) is 11.8 Å². The van der Waals surface area contributed by atoms with Gasteiger partial charge in [-0.05, 0) is 37.9 Å². The highest BCUT2D eigenvalue weighted by atomic mass is 32.2. The lowest BCUT2D eigenvalue weighted by Gasteiger charge is -2.16. The normalized spacial score (nSPS) is 15.3. The quantitative estimate of drug-likeness (QED) is 0.733. The standard InChI is InChI=1S/C18H26N4O2S/c1-4-7-13-12-19-16-14(17(23)21(3)18(24)20(16)2)15(13)25-11-10-22-8-5-6-9-22/h12H,4-11H2,1-3H3. The van der Waals surface area contributed by atoms with E-state index in [2.05, 4.69) is 16.8 Å². The molecule has 0 amide bonds. The lowest BCUT2D eigenvalue weighted by molar-refractivity contribution is 0.362. The van der Waals surface area contributed by atoms with Crippen LogP contribution in [0.25, 0.3) is 11.0 Å². The molecule has 6 nitrogen and oxygen atoms in total. The second kappa shape index (κ2) is 7.74. The van der Waals surface area contributed by atoms with Crippen LogP contribution in [-0.4, -0.2) is 44.4 Å². The largest absolute Gasteiger partial charge is 0.332 e. The first-order chi connectivity index (χ1) is 12.0. The molecule has 0 atom stereocenters. The number of rotatable bonds is 6. The van der Waals surface area contributed by atoms with E-state index in [1.807, 2.05) is 6.20 Å². The molecule has 0 N–H and O–H groups in total. The van der Waals surface area contributed by atoms with E-state index in [0.29, 0.717) is 11.0 Å². The monoisotopic (exact) mass is 362 g/mol. The minimum absolute atomic E-state index is 0.243. The zero-order chi connectivity index (χ0) is 18.0. The maximum absolute atomic E-state index is 12.8. The van der Waals surface area contributed by atoms with Crippen LogP contribution in [-0.2, 0) is 20.5 Å². The summed E-state index contributed by atoms with van der Waals surface area (Å²) in [6, 6.07) is 0. The first kappa shape index (κ1) is 18.2. The van der Waals surface area contributed by atoms with Crippen LogP contribution in [0.1, 0.15) is 31.7 Å². The Hall–Kier alpha value is -1.60. The third kappa shape index (κ3) is 3.53. The van der Waals surface area contributed by atoms with Crippen LogP contribution in [0.4, 0.5) is 0 Å². The summed E-state index contributed by atoms with van der Waals surface area (Å²) in [6.07, 6.45) is 6.29. The number of likely N-dealkylation sites (tertiary alicyclic amines) is 1. The molecule has 1 aliphatic heterocycles. The second-order valence-corrected chi connectivity index (χ2v) is 7.77. The van der Waals surface area contributed by atoms with Gasteiger partial charge in [-0.2, -0.15) is 0 Å². The predicted octanol–water partition coefficient (Wildman–Crippen LogP) is 1.77. The van der Waals surface area contributed by atoms with Gasteiger partial charge in [-0.3, -0.25) is 13.9 Å². The molecule has 136 valence electrons. The average molecular weight is 362 g/mol. The first-order valence-corrected chi connectivity index (χ1v) is 9.96. The first-order valence-electron chi connectivity index (χ1n) is 8.97. The van der Waals surface area contributed by atoms with Crippen LogP contribution in [0.3, 0.4) is 0 Å². The van der Waals surface area contributed by atoms with Crippen LogP contribution in [0.15, 0.2) is 20.7 Å². The molecule has 2 aromatic heterocycles. The Bertz CT molecular complexity index is 881. The molecular formula is C18H26N4O2S. The molecule has 3 rings (SSSR count). The van der Waals surface area contributed by atoms with Crippen molar-refractivity contribution < 1.29 is 0 Å². The fraction of sp³-hybridized carbons (Fsp3) is 0.611. The lowest BCUT2D eigenvalue weighted by atomic mass is 10.1. The van der Waals surface area contributed by atoms with Crippen molar-refractivity contribution >= 4 is 22.8 Å². The Balaban J connectivity index is 2.04. The van der Waals surface area contributed by atoms with Gasteiger partial charge in [0.05, 0.1) is 5.39 Å². The van der Waals surface area contributed by atoms with Gasteiger partial charge in [0.15, 0.2) is 0 Å². The van der Waals surface area contributed by atoms with E-state index in [-0.39, 0.29) is 11.2 Å². The predicted molar refractivity (Wildman–Crippen MR) is 103 cm³/mol. The van der Waals surface area contributed by atoms with Crippen LogP contribution in [0, 0.1) is 0 Å². The van der Waals surface area contributed by atoms with Gasteiger partial charge in [-0.25, -0.2) is 9.78 Å². The van der Waals surface area contributed by atoms with Crippen molar-refractivity contribution in [2.45, 2.75) is 37.5 Å². The smallest absolute Gasteiger partial charge is 0.303 e. The summed E-state index contributed by atoms with van der Waals surface area (Å²) in [6.45, 7) is 5.51. The Labute approximate surface area is 151 Å². The summed E-state index contributed by atoms with van der Waals surface area (Å²) >= 11 is 1.73. The fourth-order valence-corrected chi connectivity index (χ4v) is 4.65. The number of hydrogen-bond donors (Lipinski definition) is 0. The Morgan fingerprint density at radius 1 is 1.16 bits per heavy atom. The molecule has 0 bridgehead atoms. The number of pyridine rings is 1. The van der Waals surface area contributed by atoms with Gasteiger partial charge in [0, 0.05) is 37.5 Å². The van der Waals surface area contributed by atoms with Crippen molar-refractivity contribution in [3.8, 4) is 0 Å². The van der Waals surface area contributed by atoms with Crippen molar-refractivity contribution in [1.29, 1.82) is 0 Å². The molecule has 7 heteroatoms. The summed E-state index contributed by atoms with van der Waals surface area (Å²) in [5.74, 6) is 0.946. The summed E-state index contributed by atoms with van der Waals surface area (Å²) in [7, 11) is 3.21. The molecular weight excluding hydrogens is 336 g/mol. The highest BCUT2D eigenvalue weighted by molar-refractivity contribution is 7.99. The maximum atomic E-state index is 12.8. The van der Waals surface area contributed by atoms with E-state index in [9.17, 15) is 9.59 Å². The van der Waals surface area contributed by atoms with Gasteiger partial charge >= 0.3 is 5.69 Å². The SMILES string of the molecule is CCCc1cnc2c(c1SCCN1CCCC1)c(=O)n(C)c(=O)n2C. The zero-order valence-corrected chi connectivity index (χ0v) is 16.1. The highest BCUT2D eigenvalue weighted by Crippen LogP contribution is 2.29. The zero-order valence-electron chi connectivity index (χ0n) is 15.2. The lowest BCUT2D eigenvalue weighted by Crippen LogP contribution is -2.37. The third-order valence-electron chi connectivity index (χ3n) is 4.87. The molecule has 2 aromatic rings. The molecule has 1 aliphatic rings. The summed E-state index contributed by atoms with van der Waals surface area (Å²) in [5.41, 5.74) is 1.02. The van der Waals surface area contributed by atoms with Crippen molar-refractivity contribution in [1.82, 2.24) is 19.0 Å². The van der Waals surface area contributed by atoms with E-state index >= 15 is 0 Å². The van der Waals surface area contributed by atoms with E-state index < -0.39 is 0 Å². The minimum atomic E-state index is -0.332. The Kier molecular flexibility index (Phi) is 5.64. The van der Waals surface area contributed by atoms with Crippen LogP contribution < -0.4 is 11.2 Å². The number of aryl methyl sites for hydroxylation is 2. The maximum Gasteiger partial charge on any atom is 0.332 e. The molecule has 0 aromatic carbocycles. The molecule has 1 fully saturated rings. The number of thioether (sulfide) groups is 1. The van der Waals surface area contributed by atoms with Crippen molar-refractivity contribution in [3.05, 3.63) is 32.6 Å². The molecule has 25 heavy (non-hydrogen) atoms. The molecule has 0 spiro atoms. The number of hydrogen-bond acceptors (Lipinski definition) is 5. The van der Waals surface area contributed by atoms with Gasteiger partial charge < -0.3 is 4.90 Å². The van der Waals surface area contributed by atoms with Gasteiger partial charge in [0.25, 0.3) is 5.56 Å². The molecule has 0 unspecified atom stereocenters. The second-order valence-electron chi connectivity index (χ2n) is 6.66. The van der Waals surface area contributed by atoms with E-state index in [4.69, 9.17) is 0 Å². The van der Waals surface area contributed by atoms with E-state index in [0.717, 1.165) is 35.6 Å². The number of aromatic nitrogens is 3. The topological polar surface area (TPSA) is 60.1 Å². The van der Waals surface area contributed by atoms with Crippen LogP contribution >= 0.6 is 11.8 Å². The number of nitrogens with zero attached hydrogens (tertiary/aromatic N) is 4. The molecule has 3 heterocycles. The summed E-state index contributed by atoms with van der Waals surface area (Å²) < 4.78 is 2.65. The average Bonchev–Trinajstić information content (AvgIpc) is 3.12. The van der Waals surface area contributed by atoms with Crippen LogP contribution in [0.5, 0.6) is 0 Å². The fourth-order valence-electron chi connectivity index (χ4n) is 3.44. The molecule has 0 radical (unpaired) electrons. The van der Waals surface area contributed by atoms with Gasteiger partial charge in [0.2, 0.25) is 0 Å².